The lowest BCUT2D eigenvalue weighted by Gasteiger charge is -2.60. The number of likely N-dealkylation sites (N-methyl/N-ethyl adjacent to an activating group) is 1. The Kier molecular flexibility index (Phi) is 8.25. The lowest BCUT2D eigenvalue weighted by molar-refractivity contribution is -0.485. The number of hydrogen-bond donors (Lipinski definition) is 5. The van der Waals surface area contributed by atoms with Gasteiger partial charge in [-0.05, 0) is 44.7 Å². The number of ether oxygens (including phenoxy) is 3. The molecule has 0 spiro atoms. The molecule has 1 saturated carbocycles. The Morgan fingerprint density at radius 1 is 1.06 bits per heavy atom. The van der Waals surface area contributed by atoms with Crippen LogP contribution in [0.4, 0.5) is 0 Å². The average molecular weight is 494 g/mol. The van der Waals surface area contributed by atoms with Crippen LogP contribution in [0.25, 0.3) is 0 Å². The van der Waals surface area contributed by atoms with Crippen LogP contribution in [0.5, 0.6) is 0 Å². The van der Waals surface area contributed by atoms with E-state index in [0.717, 1.165) is 12.8 Å². The van der Waals surface area contributed by atoms with E-state index in [0.29, 0.717) is 25.2 Å². The number of unbranched alkanes of at least 4 members (excludes halogenated alkanes) is 1. The van der Waals surface area contributed by atoms with Crippen LogP contribution in [0.2, 0.25) is 0 Å². The second kappa shape index (κ2) is 10.7. The maximum atomic E-state index is 11.8. The first-order valence-electron chi connectivity index (χ1n) is 13.2. The largest absolute Gasteiger partial charge is 0.391 e. The molecule has 8 nitrogen and oxygen atoms in total. The molecule has 0 radical (unpaired) electrons. The van der Waals surface area contributed by atoms with E-state index in [-0.39, 0.29) is 12.5 Å². The predicted molar refractivity (Wildman–Crippen MR) is 131 cm³/mol. The SMILES string of the molecule is CC[C@@H]1[C@H](O)[C@H](NC)C2O[C@]3(O)C(OC2[C@H]1O)O[C@H](C)C[C@@]3(O)CCCCC(C)c1ccccc1. The molecule has 1 aromatic carbocycles. The predicted octanol–water partition coefficient (Wildman–Crippen LogP) is 2.04. The van der Waals surface area contributed by atoms with E-state index in [1.54, 1.807) is 7.05 Å². The smallest absolute Gasteiger partial charge is 0.248 e. The van der Waals surface area contributed by atoms with Crippen LogP contribution in [0.1, 0.15) is 70.8 Å². The molecular weight excluding hydrogens is 450 g/mol. The maximum Gasteiger partial charge on any atom is 0.248 e. The van der Waals surface area contributed by atoms with Gasteiger partial charge in [-0.2, -0.15) is 0 Å². The van der Waals surface area contributed by atoms with E-state index >= 15 is 0 Å². The number of rotatable bonds is 8. The van der Waals surface area contributed by atoms with Crippen molar-refractivity contribution in [3.05, 3.63) is 35.9 Å². The summed E-state index contributed by atoms with van der Waals surface area (Å²) in [6, 6.07) is 9.78. The van der Waals surface area contributed by atoms with E-state index in [9.17, 15) is 20.4 Å². The molecule has 0 aromatic heterocycles. The lowest BCUT2D eigenvalue weighted by atomic mass is 9.73. The van der Waals surface area contributed by atoms with Gasteiger partial charge in [0.05, 0.1) is 24.4 Å². The van der Waals surface area contributed by atoms with E-state index in [1.165, 1.54) is 5.56 Å². The highest BCUT2D eigenvalue weighted by atomic mass is 16.8. The van der Waals surface area contributed by atoms with Gasteiger partial charge < -0.3 is 40.0 Å². The minimum absolute atomic E-state index is 0.196. The zero-order valence-corrected chi connectivity index (χ0v) is 21.3. The Bertz CT molecular complexity index is 827. The second-order valence-electron chi connectivity index (χ2n) is 10.8. The molecule has 1 aliphatic carbocycles. The monoisotopic (exact) mass is 493 g/mol. The van der Waals surface area contributed by atoms with Crippen LogP contribution in [0.15, 0.2) is 30.3 Å². The quantitative estimate of drug-likeness (QED) is 0.349. The zero-order valence-electron chi connectivity index (χ0n) is 21.3. The number of benzene rings is 1. The fourth-order valence-corrected chi connectivity index (χ4v) is 6.35. The summed E-state index contributed by atoms with van der Waals surface area (Å²) in [7, 11) is 1.70. The molecule has 3 fully saturated rings. The van der Waals surface area contributed by atoms with Crippen molar-refractivity contribution in [3.8, 4) is 0 Å². The molecule has 2 heterocycles. The van der Waals surface area contributed by atoms with Crippen molar-refractivity contribution >= 4 is 0 Å². The van der Waals surface area contributed by atoms with Crippen molar-refractivity contribution in [1.29, 1.82) is 0 Å². The molecular formula is C27H43NO7. The van der Waals surface area contributed by atoms with Gasteiger partial charge in [-0.1, -0.05) is 57.0 Å². The van der Waals surface area contributed by atoms with Gasteiger partial charge in [0, 0.05) is 12.3 Å². The fourth-order valence-electron chi connectivity index (χ4n) is 6.35. The number of nitrogens with one attached hydrogen (secondary N) is 1. The molecule has 0 amide bonds. The van der Waals surface area contributed by atoms with Gasteiger partial charge in [-0.25, -0.2) is 0 Å². The number of fused-ring (bicyclic) bond motifs is 2. The summed E-state index contributed by atoms with van der Waals surface area (Å²) in [4.78, 5) is 0. The third-order valence-electron chi connectivity index (χ3n) is 8.47. The third kappa shape index (κ3) is 4.92. The average Bonchev–Trinajstić information content (AvgIpc) is 2.83. The Morgan fingerprint density at radius 3 is 2.43 bits per heavy atom. The van der Waals surface area contributed by atoms with Gasteiger partial charge in [0.1, 0.15) is 17.8 Å². The number of hydrogen-bond acceptors (Lipinski definition) is 8. The van der Waals surface area contributed by atoms with Gasteiger partial charge in [0.25, 0.3) is 0 Å². The Hall–Kier alpha value is -1.10. The molecule has 8 heteroatoms. The summed E-state index contributed by atoms with van der Waals surface area (Å²) in [6.07, 6.45) is -1.49. The van der Waals surface area contributed by atoms with Crippen molar-refractivity contribution in [2.45, 2.75) is 119 Å². The molecule has 198 valence electrons. The zero-order chi connectivity index (χ0) is 25.4. The first-order chi connectivity index (χ1) is 16.6. The van der Waals surface area contributed by atoms with Crippen molar-refractivity contribution in [2.75, 3.05) is 7.05 Å². The van der Waals surface area contributed by atoms with E-state index in [2.05, 4.69) is 24.4 Å². The summed E-state index contributed by atoms with van der Waals surface area (Å²) in [6.45, 7) is 5.94. The summed E-state index contributed by atoms with van der Waals surface area (Å²) in [5.41, 5.74) is -0.302. The van der Waals surface area contributed by atoms with Crippen LogP contribution < -0.4 is 5.32 Å². The van der Waals surface area contributed by atoms with Crippen LogP contribution in [-0.4, -0.2) is 81.7 Å². The second-order valence-corrected chi connectivity index (χ2v) is 10.8. The minimum atomic E-state index is -2.11. The van der Waals surface area contributed by atoms with Gasteiger partial charge >= 0.3 is 0 Å². The highest BCUT2D eigenvalue weighted by Crippen LogP contribution is 2.49. The molecule has 3 aliphatic rings. The number of aliphatic hydroxyl groups excluding tert-OH is 2. The van der Waals surface area contributed by atoms with E-state index < -0.39 is 54.1 Å². The van der Waals surface area contributed by atoms with Crippen LogP contribution >= 0.6 is 0 Å². The van der Waals surface area contributed by atoms with Crippen molar-refractivity contribution < 1.29 is 34.6 Å². The molecule has 35 heavy (non-hydrogen) atoms. The van der Waals surface area contributed by atoms with Crippen molar-refractivity contribution in [1.82, 2.24) is 5.32 Å². The first kappa shape index (κ1) is 26.9. The summed E-state index contributed by atoms with van der Waals surface area (Å²) in [5, 5.41) is 48.4. The van der Waals surface area contributed by atoms with Gasteiger partial charge in [0.2, 0.25) is 12.1 Å². The lowest BCUT2D eigenvalue weighted by Crippen LogP contribution is -2.78. The molecule has 0 bridgehead atoms. The maximum absolute atomic E-state index is 11.8. The Morgan fingerprint density at radius 2 is 1.77 bits per heavy atom. The van der Waals surface area contributed by atoms with Gasteiger partial charge in [-0.15, -0.1) is 0 Å². The highest BCUT2D eigenvalue weighted by molar-refractivity contribution is 5.18. The first-order valence-corrected chi connectivity index (χ1v) is 13.2. The molecule has 1 aromatic rings. The van der Waals surface area contributed by atoms with Crippen molar-refractivity contribution in [3.63, 3.8) is 0 Å². The fraction of sp³-hybridized carbons (Fsp3) is 0.778. The summed E-state index contributed by atoms with van der Waals surface area (Å²) >= 11 is 0. The minimum Gasteiger partial charge on any atom is -0.391 e. The topological polar surface area (TPSA) is 121 Å². The van der Waals surface area contributed by atoms with Crippen molar-refractivity contribution in [2.24, 2.45) is 5.92 Å². The molecule has 2 aliphatic heterocycles. The van der Waals surface area contributed by atoms with Gasteiger partial charge in [0.15, 0.2) is 0 Å². The molecule has 4 unspecified atom stereocenters. The Labute approximate surface area is 208 Å². The molecule has 11 atom stereocenters. The molecule has 5 N–H and O–H groups in total. The van der Waals surface area contributed by atoms with Crippen LogP contribution in [0.3, 0.4) is 0 Å². The summed E-state index contributed by atoms with van der Waals surface area (Å²) in [5.74, 6) is -2.12. The Balaban J connectivity index is 1.48. The van der Waals surface area contributed by atoms with E-state index in [4.69, 9.17) is 14.2 Å². The normalized spacial score (nSPS) is 44.3. The van der Waals surface area contributed by atoms with Crippen LogP contribution in [-0.2, 0) is 14.2 Å². The molecule has 2 saturated heterocycles. The number of aliphatic hydroxyl groups is 4. The van der Waals surface area contributed by atoms with E-state index in [1.807, 2.05) is 32.0 Å². The molecule has 4 rings (SSSR count). The van der Waals surface area contributed by atoms with Gasteiger partial charge in [-0.3, -0.25) is 0 Å². The standard InChI is InChI=1S/C27H43NO7/c1-5-19-21(29)20(28-4)23-24(22(19)30)34-25-27(32,35-23)26(31,15-17(3)33-25)14-10-9-11-16(2)18-12-7-6-8-13-18/h6-8,12-13,16-17,19-25,28-32H,5,9-11,14-15H2,1-4H3/t16?,17-,19-,20+,21+,22+,23?,24?,25?,26+,27-/m1/s1. The highest BCUT2D eigenvalue weighted by Gasteiger charge is 2.68. The third-order valence-corrected chi connectivity index (χ3v) is 8.47. The van der Waals surface area contributed by atoms with Crippen LogP contribution in [0, 0.1) is 5.92 Å². The summed E-state index contributed by atoms with van der Waals surface area (Å²) < 4.78 is 18.2.